The van der Waals surface area contributed by atoms with Crippen molar-refractivity contribution in [2.75, 3.05) is 11.4 Å². The molecular weight excluding hydrogens is 360 g/mol. The Hall–Kier alpha value is -2.18. The highest BCUT2D eigenvalue weighted by molar-refractivity contribution is 7.89. The van der Waals surface area contributed by atoms with E-state index in [4.69, 9.17) is 0 Å². The lowest BCUT2D eigenvalue weighted by Gasteiger charge is -2.25. The number of amides is 1. The molecule has 2 atom stereocenters. The standard InChI is InChI=1S/C21H24N2O3S/c1-15-13-18-14-19(10-11-21(18)23(15)16(2)24)27(25,26)22-12-6-9-20(22)17-7-4-3-5-8-17/h3-5,7-8,10-11,14-15,20H,6,9,12-13H2,1-2H3. The predicted molar refractivity (Wildman–Crippen MR) is 105 cm³/mol. The smallest absolute Gasteiger partial charge is 0.243 e. The summed E-state index contributed by atoms with van der Waals surface area (Å²) in [7, 11) is -3.58. The van der Waals surface area contributed by atoms with E-state index in [1.54, 1.807) is 34.3 Å². The van der Waals surface area contributed by atoms with Crippen LogP contribution < -0.4 is 4.90 Å². The number of nitrogens with zero attached hydrogens (tertiary/aromatic N) is 2. The number of fused-ring (bicyclic) bond motifs is 1. The zero-order chi connectivity index (χ0) is 19.2. The molecule has 2 aliphatic heterocycles. The maximum absolute atomic E-state index is 13.4. The number of carbonyl (C=O) groups excluding carboxylic acids is 1. The third-order valence-corrected chi connectivity index (χ3v) is 7.50. The average molecular weight is 385 g/mol. The van der Waals surface area contributed by atoms with E-state index in [1.807, 2.05) is 37.3 Å². The Morgan fingerprint density at radius 1 is 1.11 bits per heavy atom. The van der Waals surface area contributed by atoms with Gasteiger partial charge in [0.25, 0.3) is 0 Å². The molecule has 1 fully saturated rings. The molecule has 2 unspecified atom stereocenters. The molecule has 5 nitrogen and oxygen atoms in total. The van der Waals surface area contributed by atoms with E-state index in [0.717, 1.165) is 29.7 Å². The van der Waals surface area contributed by atoms with Crippen molar-refractivity contribution >= 4 is 21.6 Å². The van der Waals surface area contributed by atoms with E-state index < -0.39 is 10.0 Å². The lowest BCUT2D eigenvalue weighted by atomic mass is 10.1. The minimum atomic E-state index is -3.58. The van der Waals surface area contributed by atoms with Crippen molar-refractivity contribution < 1.29 is 13.2 Å². The molecule has 2 aromatic carbocycles. The molecule has 0 aliphatic carbocycles. The molecule has 0 saturated carbocycles. The fourth-order valence-corrected chi connectivity index (χ4v) is 6.15. The Kier molecular flexibility index (Phi) is 4.56. The molecule has 27 heavy (non-hydrogen) atoms. The van der Waals surface area contributed by atoms with Gasteiger partial charge < -0.3 is 4.90 Å². The second-order valence-electron chi connectivity index (χ2n) is 7.42. The summed E-state index contributed by atoms with van der Waals surface area (Å²) in [5.74, 6) is -0.0134. The first-order chi connectivity index (χ1) is 12.9. The van der Waals surface area contributed by atoms with Gasteiger partial charge in [-0.1, -0.05) is 30.3 Å². The highest BCUT2D eigenvalue weighted by atomic mass is 32.2. The summed E-state index contributed by atoms with van der Waals surface area (Å²) in [6.07, 6.45) is 2.38. The minimum Gasteiger partial charge on any atom is -0.309 e. The highest BCUT2D eigenvalue weighted by Gasteiger charge is 2.37. The van der Waals surface area contributed by atoms with Gasteiger partial charge in [-0.3, -0.25) is 4.79 Å². The van der Waals surface area contributed by atoms with Gasteiger partial charge in [0.2, 0.25) is 15.9 Å². The van der Waals surface area contributed by atoms with Crippen LogP contribution in [0.1, 0.15) is 43.9 Å². The number of benzene rings is 2. The number of rotatable bonds is 3. The normalized spacial score (nSPS) is 22.8. The fraction of sp³-hybridized carbons (Fsp3) is 0.381. The van der Waals surface area contributed by atoms with Gasteiger partial charge in [0, 0.05) is 25.2 Å². The monoisotopic (exact) mass is 384 g/mol. The summed E-state index contributed by atoms with van der Waals surface area (Å²) in [4.78, 5) is 14.0. The van der Waals surface area contributed by atoms with Crippen molar-refractivity contribution in [2.24, 2.45) is 0 Å². The SMILES string of the molecule is CC(=O)N1c2ccc(S(=O)(=O)N3CCCC3c3ccccc3)cc2CC1C. The Bertz CT molecular complexity index is 972. The number of hydrogen-bond donors (Lipinski definition) is 0. The van der Waals surface area contributed by atoms with Crippen LogP contribution in [0.4, 0.5) is 5.69 Å². The number of hydrogen-bond acceptors (Lipinski definition) is 3. The zero-order valence-corrected chi connectivity index (χ0v) is 16.4. The lowest BCUT2D eigenvalue weighted by Crippen LogP contribution is -2.33. The third-order valence-electron chi connectivity index (χ3n) is 5.60. The molecule has 142 valence electrons. The molecular formula is C21H24N2O3S. The van der Waals surface area contributed by atoms with Crippen LogP contribution in [0.2, 0.25) is 0 Å². The van der Waals surface area contributed by atoms with Crippen LogP contribution in [0.15, 0.2) is 53.4 Å². The van der Waals surface area contributed by atoms with Crippen LogP contribution in [0.3, 0.4) is 0 Å². The molecule has 2 heterocycles. The molecule has 0 aromatic heterocycles. The van der Waals surface area contributed by atoms with E-state index >= 15 is 0 Å². The molecule has 0 bridgehead atoms. The average Bonchev–Trinajstić information content (AvgIpc) is 3.25. The Labute approximate surface area is 160 Å². The first kappa shape index (κ1) is 18.2. The van der Waals surface area contributed by atoms with Gasteiger partial charge in [-0.2, -0.15) is 4.31 Å². The molecule has 0 N–H and O–H groups in total. The number of anilines is 1. The van der Waals surface area contributed by atoms with Gasteiger partial charge in [-0.25, -0.2) is 8.42 Å². The van der Waals surface area contributed by atoms with Crippen LogP contribution in [0.5, 0.6) is 0 Å². The molecule has 0 radical (unpaired) electrons. The summed E-state index contributed by atoms with van der Waals surface area (Å²) in [6.45, 7) is 4.07. The summed E-state index contributed by atoms with van der Waals surface area (Å²) >= 11 is 0. The highest BCUT2D eigenvalue weighted by Crippen LogP contribution is 2.39. The largest absolute Gasteiger partial charge is 0.309 e. The second kappa shape index (κ2) is 6.77. The van der Waals surface area contributed by atoms with E-state index in [0.29, 0.717) is 17.9 Å². The predicted octanol–water partition coefficient (Wildman–Crippen LogP) is 3.51. The van der Waals surface area contributed by atoms with Crippen LogP contribution in [0, 0.1) is 0 Å². The second-order valence-corrected chi connectivity index (χ2v) is 9.31. The maximum atomic E-state index is 13.4. The van der Waals surface area contributed by atoms with Gasteiger partial charge >= 0.3 is 0 Å². The van der Waals surface area contributed by atoms with E-state index in [1.165, 1.54) is 0 Å². The number of carbonyl (C=O) groups is 1. The van der Waals surface area contributed by atoms with Crippen molar-refractivity contribution in [3.63, 3.8) is 0 Å². The summed E-state index contributed by atoms with van der Waals surface area (Å²) in [5.41, 5.74) is 2.79. The van der Waals surface area contributed by atoms with Gasteiger partial charge in [0.1, 0.15) is 0 Å². The van der Waals surface area contributed by atoms with Crippen LogP contribution in [-0.4, -0.2) is 31.2 Å². The van der Waals surface area contributed by atoms with Gasteiger partial charge in [-0.15, -0.1) is 0 Å². The van der Waals surface area contributed by atoms with Crippen molar-refractivity contribution in [1.29, 1.82) is 0 Å². The summed E-state index contributed by atoms with van der Waals surface area (Å²) in [6, 6.07) is 14.9. The van der Waals surface area contributed by atoms with Gasteiger partial charge in [0.15, 0.2) is 0 Å². The van der Waals surface area contributed by atoms with E-state index in [-0.39, 0.29) is 18.0 Å². The summed E-state index contributed by atoms with van der Waals surface area (Å²) < 4.78 is 28.4. The molecule has 1 saturated heterocycles. The molecule has 1 amide bonds. The van der Waals surface area contributed by atoms with Crippen molar-refractivity contribution in [2.45, 2.75) is 50.1 Å². The first-order valence-electron chi connectivity index (χ1n) is 9.39. The molecule has 6 heteroatoms. The lowest BCUT2D eigenvalue weighted by molar-refractivity contribution is -0.116. The molecule has 4 rings (SSSR count). The van der Waals surface area contributed by atoms with E-state index in [2.05, 4.69) is 0 Å². The van der Waals surface area contributed by atoms with Gasteiger partial charge in [0.05, 0.1) is 10.9 Å². The van der Waals surface area contributed by atoms with Crippen molar-refractivity contribution in [3.05, 3.63) is 59.7 Å². The van der Waals surface area contributed by atoms with Crippen molar-refractivity contribution in [3.8, 4) is 0 Å². The topological polar surface area (TPSA) is 57.7 Å². The molecule has 2 aliphatic rings. The molecule has 2 aromatic rings. The Balaban J connectivity index is 1.69. The molecule has 0 spiro atoms. The van der Waals surface area contributed by atoms with Crippen LogP contribution in [0.25, 0.3) is 0 Å². The maximum Gasteiger partial charge on any atom is 0.243 e. The van der Waals surface area contributed by atoms with Gasteiger partial charge in [-0.05, 0) is 55.5 Å². The fourth-order valence-electron chi connectivity index (χ4n) is 4.42. The first-order valence-corrected chi connectivity index (χ1v) is 10.8. The van der Waals surface area contributed by atoms with E-state index in [9.17, 15) is 13.2 Å². The quantitative estimate of drug-likeness (QED) is 0.814. The van der Waals surface area contributed by atoms with Crippen LogP contribution >= 0.6 is 0 Å². The third kappa shape index (κ3) is 3.07. The number of sulfonamides is 1. The zero-order valence-electron chi connectivity index (χ0n) is 15.6. The minimum absolute atomic E-state index is 0.0134. The van der Waals surface area contributed by atoms with Crippen molar-refractivity contribution in [1.82, 2.24) is 4.31 Å². The van der Waals surface area contributed by atoms with Crippen LogP contribution in [-0.2, 0) is 21.2 Å². The summed E-state index contributed by atoms with van der Waals surface area (Å²) in [5, 5.41) is 0. The Morgan fingerprint density at radius 3 is 2.56 bits per heavy atom. The Morgan fingerprint density at radius 2 is 1.85 bits per heavy atom.